The van der Waals surface area contributed by atoms with Crippen LogP contribution in [0.4, 0.5) is 11.4 Å². The summed E-state index contributed by atoms with van der Waals surface area (Å²) in [6, 6.07) is 21.5. The average molecular weight is 574 g/mol. The number of hydrogen-bond donors (Lipinski definition) is 0. The lowest BCUT2D eigenvalue weighted by atomic mass is 10.0. The Kier molecular flexibility index (Phi) is 12.2. The van der Waals surface area contributed by atoms with Gasteiger partial charge in [-0.25, -0.2) is 4.98 Å². The van der Waals surface area contributed by atoms with Crippen molar-refractivity contribution in [2.24, 2.45) is 4.99 Å². The van der Waals surface area contributed by atoms with E-state index in [0.29, 0.717) is 5.56 Å². The van der Waals surface area contributed by atoms with Crippen molar-refractivity contribution in [3.63, 3.8) is 0 Å². The number of rotatable bonds is 17. The van der Waals surface area contributed by atoms with Gasteiger partial charge in [0.05, 0.1) is 20.8 Å². The fourth-order valence-corrected chi connectivity index (χ4v) is 6.72. The number of thiazole rings is 1. The first-order valence-corrected chi connectivity index (χ1v) is 16.3. The van der Waals surface area contributed by atoms with Crippen LogP contribution >= 0.6 is 23.1 Å². The van der Waals surface area contributed by atoms with Crippen LogP contribution in [-0.4, -0.2) is 16.1 Å². The zero-order valence-electron chi connectivity index (χ0n) is 23.4. The standard InChI is InChI=1S/C33H39N3O2S2/c1-2-3-4-5-6-7-8-9-10-11-13-26-16-18-27(19-17-26)25-39-33-35-31-21-20-29(23-32(31)40-33)34-24-28-14-12-15-30(22-28)36(37)38/h12,14-24H,2-11,13,25H2,1H3. The number of aryl methyl sites for hydroxylation is 1. The number of non-ortho nitro benzene ring substituents is 1. The van der Waals surface area contributed by atoms with Crippen LogP contribution in [0.1, 0.15) is 87.8 Å². The summed E-state index contributed by atoms with van der Waals surface area (Å²) in [4.78, 5) is 19.9. The van der Waals surface area contributed by atoms with Crippen LogP contribution in [0.2, 0.25) is 0 Å². The lowest BCUT2D eigenvalue weighted by Gasteiger charge is -2.05. The van der Waals surface area contributed by atoms with Gasteiger partial charge in [-0.05, 0) is 47.7 Å². The van der Waals surface area contributed by atoms with Crippen molar-refractivity contribution in [1.29, 1.82) is 0 Å². The maximum absolute atomic E-state index is 11.0. The third kappa shape index (κ3) is 9.86. The highest BCUT2D eigenvalue weighted by molar-refractivity contribution is 8.00. The van der Waals surface area contributed by atoms with Gasteiger partial charge in [0, 0.05) is 24.1 Å². The molecule has 3 aromatic carbocycles. The second-order valence-electron chi connectivity index (χ2n) is 10.3. The van der Waals surface area contributed by atoms with E-state index in [1.54, 1.807) is 41.4 Å². The van der Waals surface area contributed by atoms with E-state index in [-0.39, 0.29) is 5.69 Å². The minimum absolute atomic E-state index is 0.0623. The molecule has 0 aliphatic carbocycles. The van der Waals surface area contributed by atoms with Crippen molar-refractivity contribution in [2.45, 2.75) is 87.6 Å². The first kappa shape index (κ1) is 29.9. The van der Waals surface area contributed by atoms with E-state index in [9.17, 15) is 10.1 Å². The Labute approximate surface area is 246 Å². The van der Waals surface area contributed by atoms with Crippen LogP contribution in [0.5, 0.6) is 0 Å². The highest BCUT2D eigenvalue weighted by Gasteiger charge is 2.07. The maximum Gasteiger partial charge on any atom is 0.270 e. The average Bonchev–Trinajstić information content (AvgIpc) is 3.39. The smallest absolute Gasteiger partial charge is 0.258 e. The summed E-state index contributed by atoms with van der Waals surface area (Å²) in [5.74, 6) is 0.899. The molecule has 210 valence electrons. The number of aliphatic imine (C=N–C) groups is 1. The molecule has 0 radical (unpaired) electrons. The molecule has 0 amide bonds. The van der Waals surface area contributed by atoms with Crippen LogP contribution in [0.25, 0.3) is 10.2 Å². The second-order valence-corrected chi connectivity index (χ2v) is 12.5. The molecule has 7 heteroatoms. The molecule has 1 heterocycles. The van der Waals surface area contributed by atoms with E-state index in [2.05, 4.69) is 36.2 Å². The third-order valence-electron chi connectivity index (χ3n) is 7.00. The minimum atomic E-state index is -0.395. The highest BCUT2D eigenvalue weighted by atomic mass is 32.2. The van der Waals surface area contributed by atoms with Gasteiger partial charge in [0.1, 0.15) is 0 Å². The molecule has 0 fully saturated rings. The quantitative estimate of drug-likeness (QED) is 0.0414. The maximum atomic E-state index is 11.0. The van der Waals surface area contributed by atoms with Gasteiger partial charge in [-0.1, -0.05) is 113 Å². The molecule has 40 heavy (non-hydrogen) atoms. The zero-order valence-corrected chi connectivity index (χ0v) is 25.0. The van der Waals surface area contributed by atoms with Gasteiger partial charge in [0.2, 0.25) is 0 Å². The summed E-state index contributed by atoms with van der Waals surface area (Å²) in [6.45, 7) is 2.28. The van der Waals surface area contributed by atoms with E-state index in [0.717, 1.165) is 26.0 Å². The molecule has 0 atom stereocenters. The van der Waals surface area contributed by atoms with Gasteiger partial charge >= 0.3 is 0 Å². The summed E-state index contributed by atoms with van der Waals surface area (Å²) in [5.41, 5.74) is 5.28. The summed E-state index contributed by atoms with van der Waals surface area (Å²) in [7, 11) is 0. The first-order chi connectivity index (χ1) is 19.6. The van der Waals surface area contributed by atoms with Gasteiger partial charge < -0.3 is 0 Å². The van der Waals surface area contributed by atoms with Crippen molar-refractivity contribution >= 4 is 50.9 Å². The fourth-order valence-electron chi connectivity index (χ4n) is 4.67. The summed E-state index contributed by atoms with van der Waals surface area (Å²) < 4.78 is 2.13. The predicted octanol–water partition coefficient (Wildman–Crippen LogP) is 10.7. The van der Waals surface area contributed by atoms with E-state index in [1.807, 2.05) is 18.2 Å². The van der Waals surface area contributed by atoms with Gasteiger partial charge in [-0.3, -0.25) is 15.1 Å². The number of benzene rings is 3. The number of thioether (sulfide) groups is 1. The Bertz CT molecular complexity index is 1380. The fraction of sp³-hybridized carbons (Fsp3) is 0.394. The molecule has 0 aliphatic heterocycles. The molecule has 4 aromatic rings. The van der Waals surface area contributed by atoms with Gasteiger partial charge in [-0.2, -0.15) is 0 Å². The third-order valence-corrected chi connectivity index (χ3v) is 9.23. The van der Waals surface area contributed by atoms with Crippen LogP contribution < -0.4 is 0 Å². The molecular formula is C33H39N3O2S2. The van der Waals surface area contributed by atoms with E-state index < -0.39 is 4.92 Å². The minimum Gasteiger partial charge on any atom is -0.258 e. The van der Waals surface area contributed by atoms with Crippen LogP contribution in [-0.2, 0) is 12.2 Å². The predicted molar refractivity (Wildman–Crippen MR) is 172 cm³/mol. The molecule has 4 rings (SSSR count). The van der Waals surface area contributed by atoms with Gasteiger partial charge in [0.15, 0.2) is 4.34 Å². The molecular weight excluding hydrogens is 535 g/mol. The zero-order chi connectivity index (χ0) is 28.0. The normalized spacial score (nSPS) is 11.5. The van der Waals surface area contributed by atoms with E-state index in [1.165, 1.54) is 93.9 Å². The molecule has 5 nitrogen and oxygen atoms in total. The summed E-state index contributed by atoms with van der Waals surface area (Å²) in [6.07, 6.45) is 16.6. The number of nitro groups is 1. The van der Waals surface area contributed by atoms with Gasteiger partial charge in [-0.15, -0.1) is 11.3 Å². The van der Waals surface area contributed by atoms with Crippen LogP contribution in [0, 0.1) is 10.1 Å². The molecule has 0 spiro atoms. The largest absolute Gasteiger partial charge is 0.270 e. The molecule has 1 aromatic heterocycles. The van der Waals surface area contributed by atoms with Crippen molar-refractivity contribution in [1.82, 2.24) is 4.98 Å². The van der Waals surface area contributed by atoms with Crippen LogP contribution in [0.15, 0.2) is 76.1 Å². The molecule has 0 unspecified atom stereocenters. The molecule has 0 aliphatic rings. The Balaban J connectivity index is 1.19. The molecule has 0 bridgehead atoms. The number of nitrogens with zero attached hydrogens (tertiary/aromatic N) is 3. The Hall–Kier alpha value is -3.03. The lowest BCUT2D eigenvalue weighted by molar-refractivity contribution is -0.384. The van der Waals surface area contributed by atoms with Crippen LogP contribution in [0.3, 0.4) is 0 Å². The lowest BCUT2D eigenvalue weighted by Crippen LogP contribution is -1.89. The summed E-state index contributed by atoms with van der Waals surface area (Å²) in [5, 5.41) is 11.0. The monoisotopic (exact) mass is 573 g/mol. The number of fused-ring (bicyclic) bond motifs is 1. The van der Waals surface area contributed by atoms with E-state index >= 15 is 0 Å². The second kappa shape index (κ2) is 16.3. The van der Waals surface area contributed by atoms with Crippen molar-refractivity contribution in [3.8, 4) is 0 Å². The Morgan fingerprint density at radius 2 is 1.57 bits per heavy atom. The number of hydrogen-bond acceptors (Lipinski definition) is 6. The number of unbranched alkanes of at least 4 members (excludes halogenated alkanes) is 9. The Morgan fingerprint density at radius 3 is 2.30 bits per heavy atom. The van der Waals surface area contributed by atoms with E-state index in [4.69, 9.17) is 4.98 Å². The topological polar surface area (TPSA) is 68.4 Å². The number of aromatic nitrogens is 1. The Morgan fingerprint density at radius 1 is 0.875 bits per heavy atom. The highest BCUT2D eigenvalue weighted by Crippen LogP contribution is 2.33. The molecule has 0 saturated heterocycles. The molecule has 0 N–H and O–H groups in total. The van der Waals surface area contributed by atoms with Crippen molar-refractivity contribution < 1.29 is 4.92 Å². The SMILES string of the molecule is CCCCCCCCCCCCc1ccc(CSc2nc3ccc(N=Cc4cccc([N+](=O)[O-])c4)cc3s2)cc1. The van der Waals surface area contributed by atoms with Gasteiger partial charge in [0.25, 0.3) is 5.69 Å². The van der Waals surface area contributed by atoms with Crippen molar-refractivity contribution in [2.75, 3.05) is 0 Å². The molecule has 0 saturated carbocycles. The van der Waals surface area contributed by atoms with Crippen molar-refractivity contribution in [3.05, 3.63) is 93.5 Å². The first-order valence-electron chi connectivity index (χ1n) is 14.5. The summed E-state index contributed by atoms with van der Waals surface area (Å²) >= 11 is 3.44. The number of nitro benzene ring substituents is 1.